The van der Waals surface area contributed by atoms with Crippen molar-refractivity contribution >= 4 is 44.5 Å². The van der Waals surface area contributed by atoms with Crippen LogP contribution in [-0.2, 0) is 0 Å². The highest BCUT2D eigenvalue weighted by Crippen LogP contribution is 2.24. The molecule has 1 amide bonds. The number of nitrogens with one attached hydrogen (secondary N) is 1. The first kappa shape index (κ1) is 16.9. The Bertz CT molecular complexity index is 938. The smallest absolute Gasteiger partial charge is 0.279 e. The van der Waals surface area contributed by atoms with Gasteiger partial charge in [0.1, 0.15) is 5.82 Å². The number of hydrogen-bond donors (Lipinski definition) is 1. The molecule has 1 saturated heterocycles. The molecule has 7 heteroatoms. The fourth-order valence-electron chi connectivity index (χ4n) is 3.09. The van der Waals surface area contributed by atoms with E-state index < -0.39 is 0 Å². The van der Waals surface area contributed by atoms with Gasteiger partial charge >= 0.3 is 0 Å². The minimum absolute atomic E-state index is 0.293. The second-order valence-electron chi connectivity index (χ2n) is 6.25. The molecular weight excluding hydrogens is 394 g/mol. The number of halogens is 1. The van der Waals surface area contributed by atoms with Crippen LogP contribution in [0.3, 0.4) is 0 Å². The van der Waals surface area contributed by atoms with E-state index in [1.807, 2.05) is 30.3 Å². The lowest BCUT2D eigenvalue weighted by atomic mass is 10.1. The third-order valence-electron chi connectivity index (χ3n) is 4.39. The molecule has 1 aromatic carbocycles. The summed E-state index contributed by atoms with van der Waals surface area (Å²) in [4.78, 5) is 28.6. The molecular formula is C19H18BrN5O. The Hall–Kier alpha value is -2.54. The summed E-state index contributed by atoms with van der Waals surface area (Å²) < 4.78 is 0.856. The van der Waals surface area contributed by atoms with Gasteiger partial charge in [-0.25, -0.2) is 15.0 Å². The third kappa shape index (κ3) is 3.53. The number of amides is 1. The molecule has 26 heavy (non-hydrogen) atoms. The Morgan fingerprint density at radius 2 is 1.73 bits per heavy atom. The highest BCUT2D eigenvalue weighted by Gasteiger charge is 2.23. The maximum atomic E-state index is 12.9. The van der Waals surface area contributed by atoms with Crippen LogP contribution in [0, 0.1) is 0 Å². The van der Waals surface area contributed by atoms with Crippen molar-refractivity contribution in [2.75, 3.05) is 23.3 Å². The predicted octanol–water partition coefficient (Wildman–Crippen LogP) is 4.03. The lowest BCUT2D eigenvalue weighted by Crippen LogP contribution is -2.33. The molecule has 1 aliphatic heterocycles. The van der Waals surface area contributed by atoms with Gasteiger partial charge in [0.05, 0.1) is 11.0 Å². The number of carbonyl (C=O) groups is 1. The monoisotopic (exact) mass is 411 g/mol. The Balaban J connectivity index is 1.73. The van der Waals surface area contributed by atoms with Crippen LogP contribution in [-0.4, -0.2) is 33.9 Å². The molecule has 4 rings (SSSR count). The summed E-state index contributed by atoms with van der Waals surface area (Å²) in [5.74, 6) is 0.842. The maximum Gasteiger partial charge on any atom is 0.279 e. The average Bonchev–Trinajstić information content (AvgIpc) is 2.69. The number of piperidine rings is 1. The zero-order valence-electron chi connectivity index (χ0n) is 14.2. The van der Waals surface area contributed by atoms with Crippen LogP contribution >= 0.6 is 15.9 Å². The summed E-state index contributed by atoms with van der Waals surface area (Å²) in [7, 11) is 0. The Labute approximate surface area is 159 Å². The number of benzene rings is 1. The van der Waals surface area contributed by atoms with E-state index in [0.29, 0.717) is 22.8 Å². The average molecular weight is 412 g/mol. The lowest BCUT2D eigenvalue weighted by Gasteiger charge is -2.28. The van der Waals surface area contributed by atoms with E-state index in [1.54, 1.807) is 12.3 Å². The molecule has 6 nitrogen and oxygen atoms in total. The maximum absolute atomic E-state index is 12.9. The van der Waals surface area contributed by atoms with Gasteiger partial charge in [-0.2, -0.15) is 0 Å². The van der Waals surface area contributed by atoms with Crippen LogP contribution in [0.25, 0.3) is 11.0 Å². The Morgan fingerprint density at radius 1 is 1.00 bits per heavy atom. The molecule has 1 aliphatic rings. The van der Waals surface area contributed by atoms with Gasteiger partial charge in [-0.3, -0.25) is 4.79 Å². The van der Waals surface area contributed by atoms with Gasteiger partial charge in [0.25, 0.3) is 5.91 Å². The van der Waals surface area contributed by atoms with Gasteiger partial charge in [0.15, 0.2) is 11.5 Å². The quantitative estimate of drug-likeness (QED) is 0.704. The van der Waals surface area contributed by atoms with Crippen molar-refractivity contribution in [2.24, 2.45) is 0 Å². The van der Waals surface area contributed by atoms with E-state index in [0.717, 1.165) is 35.9 Å². The van der Waals surface area contributed by atoms with Crippen molar-refractivity contribution in [3.8, 4) is 0 Å². The summed E-state index contributed by atoms with van der Waals surface area (Å²) in [6.45, 7) is 1.79. The highest BCUT2D eigenvalue weighted by atomic mass is 79.9. The zero-order valence-corrected chi connectivity index (χ0v) is 15.7. The van der Waals surface area contributed by atoms with Crippen molar-refractivity contribution in [1.82, 2.24) is 15.0 Å². The molecule has 0 saturated carbocycles. The van der Waals surface area contributed by atoms with E-state index in [2.05, 4.69) is 36.1 Å². The molecule has 0 aliphatic carbocycles. The van der Waals surface area contributed by atoms with Gasteiger partial charge in [-0.15, -0.1) is 0 Å². The molecule has 0 unspecified atom stereocenters. The lowest BCUT2D eigenvalue weighted by molar-refractivity contribution is 0.102. The fraction of sp³-hybridized carbons (Fsp3) is 0.263. The first-order valence-electron chi connectivity index (χ1n) is 8.65. The number of para-hydroxylation sites is 2. The molecule has 1 N–H and O–H groups in total. The van der Waals surface area contributed by atoms with Crippen LogP contribution in [0.2, 0.25) is 0 Å². The summed E-state index contributed by atoms with van der Waals surface area (Å²) in [6, 6.07) is 11.2. The number of fused-ring (bicyclic) bond motifs is 1. The molecule has 3 aromatic rings. The van der Waals surface area contributed by atoms with Crippen LogP contribution < -0.4 is 10.2 Å². The van der Waals surface area contributed by atoms with Gasteiger partial charge in [-0.05, 0) is 59.5 Å². The zero-order chi connectivity index (χ0) is 17.9. The molecule has 2 aromatic heterocycles. The van der Waals surface area contributed by atoms with Gasteiger partial charge < -0.3 is 10.2 Å². The SMILES string of the molecule is O=C(Nc1ccc(Br)cn1)c1nc2ccccc2nc1N1CCCCC1. The highest BCUT2D eigenvalue weighted by molar-refractivity contribution is 9.10. The first-order valence-corrected chi connectivity index (χ1v) is 9.45. The third-order valence-corrected chi connectivity index (χ3v) is 4.86. The molecule has 0 spiro atoms. The Kier molecular flexibility index (Phi) is 4.79. The van der Waals surface area contributed by atoms with E-state index in [-0.39, 0.29) is 5.91 Å². The fourth-order valence-corrected chi connectivity index (χ4v) is 3.33. The number of pyridine rings is 1. The van der Waals surface area contributed by atoms with Crippen LogP contribution in [0.4, 0.5) is 11.6 Å². The van der Waals surface area contributed by atoms with Crippen molar-refractivity contribution in [1.29, 1.82) is 0 Å². The minimum atomic E-state index is -0.293. The molecule has 1 fully saturated rings. The summed E-state index contributed by atoms with van der Waals surface area (Å²) in [5, 5.41) is 2.83. The van der Waals surface area contributed by atoms with Crippen molar-refractivity contribution in [3.05, 3.63) is 52.8 Å². The first-order chi connectivity index (χ1) is 12.7. The molecule has 3 heterocycles. The van der Waals surface area contributed by atoms with Crippen LogP contribution in [0.5, 0.6) is 0 Å². The summed E-state index contributed by atoms with van der Waals surface area (Å²) in [5.41, 5.74) is 1.85. The number of anilines is 2. The van der Waals surface area contributed by atoms with Crippen LogP contribution in [0.1, 0.15) is 29.8 Å². The molecule has 0 atom stereocenters. The minimum Gasteiger partial charge on any atom is -0.355 e. The topological polar surface area (TPSA) is 71.0 Å². The van der Waals surface area contributed by atoms with Crippen LogP contribution in [0.15, 0.2) is 47.1 Å². The number of rotatable bonds is 3. The summed E-state index contributed by atoms with van der Waals surface area (Å²) in [6.07, 6.45) is 5.06. The van der Waals surface area contributed by atoms with Gasteiger partial charge in [0, 0.05) is 23.8 Å². The molecule has 0 bridgehead atoms. The summed E-state index contributed by atoms with van der Waals surface area (Å²) >= 11 is 3.34. The standard InChI is InChI=1S/C19H18BrN5O/c20-13-8-9-16(21-12-13)24-19(26)17-18(25-10-4-1-5-11-25)23-15-7-3-2-6-14(15)22-17/h2-3,6-9,12H,1,4-5,10-11H2,(H,21,24,26). The van der Waals surface area contributed by atoms with Crippen molar-refractivity contribution < 1.29 is 4.79 Å². The van der Waals surface area contributed by atoms with Crippen molar-refractivity contribution in [2.45, 2.75) is 19.3 Å². The largest absolute Gasteiger partial charge is 0.355 e. The van der Waals surface area contributed by atoms with E-state index in [1.165, 1.54) is 6.42 Å². The predicted molar refractivity (Wildman–Crippen MR) is 105 cm³/mol. The van der Waals surface area contributed by atoms with E-state index in [4.69, 9.17) is 4.98 Å². The normalized spacial score (nSPS) is 14.4. The van der Waals surface area contributed by atoms with Gasteiger partial charge in [-0.1, -0.05) is 12.1 Å². The van der Waals surface area contributed by atoms with E-state index in [9.17, 15) is 4.79 Å². The Morgan fingerprint density at radius 3 is 2.42 bits per heavy atom. The number of carbonyl (C=O) groups excluding carboxylic acids is 1. The number of nitrogens with zero attached hydrogens (tertiary/aromatic N) is 4. The molecule has 0 radical (unpaired) electrons. The van der Waals surface area contributed by atoms with Gasteiger partial charge in [0.2, 0.25) is 0 Å². The van der Waals surface area contributed by atoms with E-state index >= 15 is 0 Å². The number of hydrogen-bond acceptors (Lipinski definition) is 5. The molecule has 132 valence electrons. The number of aromatic nitrogens is 3. The second kappa shape index (κ2) is 7.37. The van der Waals surface area contributed by atoms with Crippen molar-refractivity contribution in [3.63, 3.8) is 0 Å². The second-order valence-corrected chi connectivity index (χ2v) is 7.16.